The Morgan fingerprint density at radius 2 is 1.80 bits per heavy atom. The van der Waals surface area contributed by atoms with Crippen LogP contribution in [0.2, 0.25) is 0 Å². The van der Waals surface area contributed by atoms with Gasteiger partial charge in [-0.3, -0.25) is 4.98 Å². The molecule has 0 N–H and O–H groups in total. The molecule has 0 bridgehead atoms. The van der Waals surface area contributed by atoms with E-state index in [0.29, 0.717) is 0 Å². The average Bonchev–Trinajstić information content (AvgIpc) is 2.29. The third-order valence-electron chi connectivity index (χ3n) is 2.27. The lowest BCUT2D eigenvalue weighted by Gasteiger charge is -2.18. The molecule has 0 atom stereocenters. The molecule has 0 amide bonds. The van der Waals surface area contributed by atoms with Crippen molar-refractivity contribution in [2.45, 2.75) is 6.92 Å². The molecule has 0 aliphatic rings. The summed E-state index contributed by atoms with van der Waals surface area (Å²) in [6, 6.07) is 9.92. The maximum Gasteiger partial charge on any atom is 0.132 e. The van der Waals surface area contributed by atoms with Gasteiger partial charge in [0, 0.05) is 30.8 Å². The van der Waals surface area contributed by atoms with Gasteiger partial charge in [0.25, 0.3) is 0 Å². The first-order valence-corrected chi connectivity index (χ1v) is 4.85. The third-order valence-corrected chi connectivity index (χ3v) is 2.27. The van der Waals surface area contributed by atoms with Gasteiger partial charge in [-0.1, -0.05) is 6.07 Å². The topological polar surface area (TPSA) is 29.0 Å². The lowest BCUT2D eigenvalue weighted by atomic mass is 10.3. The van der Waals surface area contributed by atoms with E-state index in [1.54, 1.807) is 12.4 Å². The lowest BCUT2D eigenvalue weighted by molar-refractivity contribution is 1.09. The van der Waals surface area contributed by atoms with Crippen molar-refractivity contribution in [1.29, 1.82) is 0 Å². The van der Waals surface area contributed by atoms with Crippen LogP contribution in [0, 0.1) is 6.92 Å². The molecule has 0 spiro atoms. The fraction of sp³-hybridized carbons (Fsp3) is 0.167. The molecule has 0 unspecified atom stereocenters. The summed E-state index contributed by atoms with van der Waals surface area (Å²) in [6.07, 6.45) is 3.56. The summed E-state index contributed by atoms with van der Waals surface area (Å²) in [5.74, 6) is 0.946. The minimum atomic E-state index is 0.946. The smallest absolute Gasteiger partial charge is 0.132 e. The van der Waals surface area contributed by atoms with Crippen LogP contribution in [0.3, 0.4) is 0 Å². The molecule has 0 aromatic carbocycles. The Labute approximate surface area is 89.4 Å². The van der Waals surface area contributed by atoms with E-state index in [1.165, 1.54) is 0 Å². The van der Waals surface area contributed by atoms with E-state index in [4.69, 9.17) is 0 Å². The fourth-order valence-electron chi connectivity index (χ4n) is 1.42. The van der Waals surface area contributed by atoms with Crippen molar-refractivity contribution >= 4 is 11.5 Å². The van der Waals surface area contributed by atoms with Gasteiger partial charge in [0.05, 0.1) is 0 Å². The van der Waals surface area contributed by atoms with E-state index >= 15 is 0 Å². The maximum atomic E-state index is 4.46. The van der Waals surface area contributed by atoms with Gasteiger partial charge >= 0.3 is 0 Å². The second-order valence-corrected chi connectivity index (χ2v) is 3.40. The van der Waals surface area contributed by atoms with Crippen molar-refractivity contribution in [2.75, 3.05) is 11.9 Å². The first kappa shape index (κ1) is 9.65. The lowest BCUT2D eigenvalue weighted by Crippen LogP contribution is -2.11. The number of anilines is 2. The molecule has 2 aromatic rings. The van der Waals surface area contributed by atoms with Crippen LogP contribution < -0.4 is 4.90 Å². The maximum absolute atomic E-state index is 4.46. The van der Waals surface area contributed by atoms with Gasteiger partial charge in [-0.15, -0.1) is 0 Å². The second kappa shape index (κ2) is 4.09. The number of hydrogen-bond acceptors (Lipinski definition) is 3. The van der Waals surface area contributed by atoms with Crippen LogP contribution in [-0.4, -0.2) is 17.0 Å². The Morgan fingerprint density at radius 3 is 2.47 bits per heavy atom. The van der Waals surface area contributed by atoms with E-state index in [2.05, 4.69) is 9.97 Å². The Bertz CT molecular complexity index is 440. The van der Waals surface area contributed by atoms with Gasteiger partial charge in [-0.05, 0) is 31.2 Å². The van der Waals surface area contributed by atoms with Gasteiger partial charge in [0.2, 0.25) is 0 Å². The highest BCUT2D eigenvalue weighted by Gasteiger charge is 2.03. The summed E-state index contributed by atoms with van der Waals surface area (Å²) < 4.78 is 0. The highest BCUT2D eigenvalue weighted by atomic mass is 15.2. The van der Waals surface area contributed by atoms with Gasteiger partial charge in [0.15, 0.2) is 0 Å². The van der Waals surface area contributed by atoms with Gasteiger partial charge < -0.3 is 4.90 Å². The monoisotopic (exact) mass is 199 g/mol. The molecule has 0 radical (unpaired) electrons. The average molecular weight is 199 g/mol. The molecule has 0 fully saturated rings. The van der Waals surface area contributed by atoms with Crippen molar-refractivity contribution in [3.63, 3.8) is 0 Å². The molecule has 76 valence electrons. The first-order chi connectivity index (χ1) is 7.27. The number of pyridine rings is 2. The molecule has 0 saturated carbocycles. The molecular weight excluding hydrogens is 186 g/mol. The van der Waals surface area contributed by atoms with Crippen LogP contribution in [0.4, 0.5) is 11.5 Å². The molecule has 3 heteroatoms. The molecule has 2 heterocycles. The molecule has 0 aliphatic heterocycles. The van der Waals surface area contributed by atoms with Crippen LogP contribution in [0.1, 0.15) is 5.69 Å². The molecule has 0 saturated heterocycles. The summed E-state index contributed by atoms with van der Waals surface area (Å²) in [7, 11) is 2.00. The van der Waals surface area contributed by atoms with Crippen molar-refractivity contribution in [3.8, 4) is 0 Å². The van der Waals surface area contributed by atoms with E-state index in [0.717, 1.165) is 17.2 Å². The summed E-state index contributed by atoms with van der Waals surface area (Å²) in [6.45, 7) is 1.99. The molecule has 15 heavy (non-hydrogen) atoms. The van der Waals surface area contributed by atoms with Crippen molar-refractivity contribution in [3.05, 3.63) is 48.4 Å². The Balaban J connectivity index is 2.32. The van der Waals surface area contributed by atoms with E-state index in [9.17, 15) is 0 Å². The SMILES string of the molecule is Cc1cccc(N(C)c2ccncc2)n1. The number of rotatable bonds is 2. The first-order valence-electron chi connectivity index (χ1n) is 4.85. The highest BCUT2D eigenvalue weighted by molar-refractivity contribution is 5.58. The van der Waals surface area contributed by atoms with Crippen molar-refractivity contribution in [2.24, 2.45) is 0 Å². The predicted molar refractivity (Wildman–Crippen MR) is 61.3 cm³/mol. The van der Waals surface area contributed by atoms with Crippen LogP contribution in [0.25, 0.3) is 0 Å². The zero-order valence-electron chi connectivity index (χ0n) is 8.88. The van der Waals surface area contributed by atoms with Gasteiger partial charge in [-0.25, -0.2) is 4.98 Å². The summed E-state index contributed by atoms with van der Waals surface area (Å²) in [5, 5.41) is 0. The molecule has 3 nitrogen and oxygen atoms in total. The summed E-state index contributed by atoms with van der Waals surface area (Å²) in [5.41, 5.74) is 2.11. The van der Waals surface area contributed by atoms with Crippen LogP contribution >= 0.6 is 0 Å². The summed E-state index contributed by atoms with van der Waals surface area (Å²) >= 11 is 0. The predicted octanol–water partition coefficient (Wildman–Crippen LogP) is 2.55. The highest BCUT2D eigenvalue weighted by Crippen LogP contribution is 2.20. The van der Waals surface area contributed by atoms with Crippen LogP contribution in [0.15, 0.2) is 42.7 Å². The largest absolute Gasteiger partial charge is 0.329 e. The Kier molecular flexibility index (Phi) is 2.63. The quantitative estimate of drug-likeness (QED) is 0.744. The van der Waals surface area contributed by atoms with E-state index in [-0.39, 0.29) is 0 Å². The molecule has 2 rings (SSSR count). The standard InChI is InChI=1S/C12H13N3/c1-10-4-3-5-12(14-10)15(2)11-6-8-13-9-7-11/h3-9H,1-2H3. The van der Waals surface area contributed by atoms with Gasteiger partial charge in [-0.2, -0.15) is 0 Å². The minimum absolute atomic E-state index is 0.946. The molecule has 2 aromatic heterocycles. The second-order valence-electron chi connectivity index (χ2n) is 3.40. The van der Waals surface area contributed by atoms with Gasteiger partial charge in [0.1, 0.15) is 5.82 Å². The summed E-state index contributed by atoms with van der Waals surface area (Å²) in [4.78, 5) is 10.5. The number of aryl methyl sites for hydroxylation is 1. The Hall–Kier alpha value is -1.90. The Morgan fingerprint density at radius 1 is 1.07 bits per heavy atom. The van der Waals surface area contributed by atoms with Crippen LogP contribution in [0.5, 0.6) is 0 Å². The minimum Gasteiger partial charge on any atom is -0.329 e. The number of nitrogens with zero attached hydrogens (tertiary/aromatic N) is 3. The molecule has 0 aliphatic carbocycles. The molecular formula is C12H13N3. The number of aromatic nitrogens is 2. The number of hydrogen-bond donors (Lipinski definition) is 0. The normalized spacial score (nSPS) is 10.0. The van der Waals surface area contributed by atoms with Crippen molar-refractivity contribution < 1.29 is 0 Å². The van der Waals surface area contributed by atoms with E-state index in [1.807, 2.05) is 49.2 Å². The zero-order valence-corrected chi connectivity index (χ0v) is 8.88. The van der Waals surface area contributed by atoms with Crippen LogP contribution in [-0.2, 0) is 0 Å². The van der Waals surface area contributed by atoms with E-state index < -0.39 is 0 Å². The van der Waals surface area contributed by atoms with Crippen molar-refractivity contribution in [1.82, 2.24) is 9.97 Å². The fourth-order valence-corrected chi connectivity index (χ4v) is 1.42. The third kappa shape index (κ3) is 2.13. The zero-order chi connectivity index (χ0) is 10.7.